The fraction of sp³-hybridized carbons (Fsp3) is 0.429. The van der Waals surface area contributed by atoms with E-state index in [-0.39, 0.29) is 12.2 Å². The molecule has 0 aromatic carbocycles. The fourth-order valence-corrected chi connectivity index (χ4v) is 0.494. The van der Waals surface area contributed by atoms with Gasteiger partial charge in [-0.3, -0.25) is 9.59 Å². The van der Waals surface area contributed by atoms with E-state index in [0.717, 1.165) is 6.08 Å². The Kier molecular flexibility index (Phi) is 3.95. The lowest BCUT2D eigenvalue weighted by Gasteiger charge is -1.92. The zero-order valence-electron chi connectivity index (χ0n) is 6.20. The summed E-state index contributed by atoms with van der Waals surface area (Å²) in [6, 6.07) is 0. The van der Waals surface area contributed by atoms with Crippen molar-refractivity contribution in [2.45, 2.75) is 19.8 Å². The number of carboxylic acid groups (broad SMARTS) is 1. The highest BCUT2D eigenvalue weighted by atomic mass is 16.4. The highest BCUT2D eigenvalue weighted by molar-refractivity contribution is 5.90. The molecule has 4 nitrogen and oxygen atoms in total. The van der Waals surface area contributed by atoms with Crippen LogP contribution in [0.5, 0.6) is 0 Å². The van der Waals surface area contributed by atoms with Gasteiger partial charge in [0.25, 0.3) is 0 Å². The Bertz CT molecular complexity index is 193. The molecule has 2 N–H and O–H groups in total. The van der Waals surface area contributed by atoms with Crippen molar-refractivity contribution in [2.75, 3.05) is 0 Å². The molecule has 0 spiro atoms. The molecule has 0 amide bonds. The van der Waals surface area contributed by atoms with Gasteiger partial charge < -0.3 is 10.2 Å². The lowest BCUT2D eigenvalue weighted by atomic mass is 10.2. The summed E-state index contributed by atoms with van der Waals surface area (Å²) in [7, 11) is 0. The number of carbonyl (C=O) groups excluding carboxylic acids is 1. The first-order valence-corrected chi connectivity index (χ1v) is 3.20. The lowest BCUT2D eigenvalue weighted by Crippen LogP contribution is -1.99. The smallest absolute Gasteiger partial charge is 0.311 e. The van der Waals surface area contributed by atoms with E-state index in [2.05, 4.69) is 0 Å². The molecule has 11 heavy (non-hydrogen) atoms. The van der Waals surface area contributed by atoms with Crippen molar-refractivity contribution in [1.82, 2.24) is 0 Å². The summed E-state index contributed by atoms with van der Waals surface area (Å²) in [6.07, 6.45) is 0.712. The Labute approximate surface area is 64.2 Å². The van der Waals surface area contributed by atoms with Crippen molar-refractivity contribution < 1.29 is 19.8 Å². The topological polar surface area (TPSA) is 74.6 Å². The fourth-order valence-electron chi connectivity index (χ4n) is 0.494. The number of carbonyl (C=O) groups is 2. The molecule has 4 heteroatoms. The van der Waals surface area contributed by atoms with Crippen LogP contribution in [0.3, 0.4) is 0 Å². The third-order valence-electron chi connectivity index (χ3n) is 1.01. The average Bonchev–Trinajstić information content (AvgIpc) is 1.85. The largest absolute Gasteiger partial charge is 0.512 e. The van der Waals surface area contributed by atoms with Crippen molar-refractivity contribution in [2.24, 2.45) is 0 Å². The van der Waals surface area contributed by atoms with Crippen LogP contribution >= 0.6 is 0 Å². The number of hydrogen-bond acceptors (Lipinski definition) is 3. The minimum absolute atomic E-state index is 0.268. The summed E-state index contributed by atoms with van der Waals surface area (Å²) >= 11 is 0. The van der Waals surface area contributed by atoms with Crippen molar-refractivity contribution in [3.8, 4) is 0 Å². The Morgan fingerprint density at radius 2 is 1.91 bits per heavy atom. The van der Waals surface area contributed by atoms with Crippen LogP contribution in [-0.4, -0.2) is 22.0 Å². The first-order valence-electron chi connectivity index (χ1n) is 3.20. The molecule has 0 saturated heterocycles. The Morgan fingerprint density at radius 3 is 2.27 bits per heavy atom. The molecule has 0 aliphatic rings. The van der Waals surface area contributed by atoms with Crippen LogP contribution in [0.4, 0.5) is 0 Å². The van der Waals surface area contributed by atoms with Crippen molar-refractivity contribution in [1.29, 1.82) is 0 Å². The summed E-state index contributed by atoms with van der Waals surface area (Å²) in [5.74, 6) is -1.82. The third kappa shape index (κ3) is 5.14. The Hall–Kier alpha value is -1.32. The van der Waals surface area contributed by atoms with E-state index >= 15 is 0 Å². The SMILES string of the molecule is CCC(=O)C=C(O)CC(=O)O. The molecule has 0 rings (SSSR count). The normalized spacial score (nSPS) is 11.2. The Morgan fingerprint density at radius 1 is 1.36 bits per heavy atom. The maximum atomic E-state index is 10.6. The number of carboxylic acids is 1. The first kappa shape index (κ1) is 9.68. The van der Waals surface area contributed by atoms with E-state index in [1.807, 2.05) is 0 Å². The predicted octanol–water partition coefficient (Wildman–Crippen LogP) is 0.882. The average molecular weight is 158 g/mol. The van der Waals surface area contributed by atoms with Gasteiger partial charge in [0.15, 0.2) is 5.78 Å². The summed E-state index contributed by atoms with van der Waals surface area (Å²) in [5.41, 5.74) is 0. The van der Waals surface area contributed by atoms with E-state index in [4.69, 9.17) is 10.2 Å². The quantitative estimate of drug-likeness (QED) is 0.470. The van der Waals surface area contributed by atoms with Gasteiger partial charge in [0.1, 0.15) is 12.2 Å². The van der Waals surface area contributed by atoms with Gasteiger partial charge in [-0.05, 0) is 0 Å². The Balaban J connectivity index is 4.00. The molecular weight excluding hydrogens is 148 g/mol. The van der Waals surface area contributed by atoms with Crippen molar-refractivity contribution in [3.05, 3.63) is 11.8 Å². The summed E-state index contributed by atoms with van der Waals surface area (Å²) in [5, 5.41) is 16.9. The summed E-state index contributed by atoms with van der Waals surface area (Å²) < 4.78 is 0. The molecule has 0 saturated carbocycles. The van der Waals surface area contributed by atoms with E-state index in [9.17, 15) is 9.59 Å². The van der Waals surface area contributed by atoms with Crippen molar-refractivity contribution >= 4 is 11.8 Å². The summed E-state index contributed by atoms with van der Waals surface area (Å²) in [6.45, 7) is 1.63. The molecule has 0 heterocycles. The van der Waals surface area contributed by atoms with E-state index < -0.39 is 18.1 Å². The molecule has 62 valence electrons. The molecule has 0 bridgehead atoms. The molecule has 0 aromatic heterocycles. The van der Waals surface area contributed by atoms with Crippen LogP contribution in [-0.2, 0) is 9.59 Å². The molecule has 0 fully saturated rings. The molecular formula is C7H10O4. The van der Waals surface area contributed by atoms with Gasteiger partial charge in [-0.15, -0.1) is 0 Å². The third-order valence-corrected chi connectivity index (χ3v) is 1.01. The highest BCUT2D eigenvalue weighted by Crippen LogP contribution is 1.97. The number of hydrogen-bond donors (Lipinski definition) is 2. The van der Waals surface area contributed by atoms with Crippen LogP contribution in [0.1, 0.15) is 19.8 Å². The molecule has 0 radical (unpaired) electrons. The maximum absolute atomic E-state index is 10.6. The molecule has 0 unspecified atom stereocenters. The van der Waals surface area contributed by atoms with Crippen LogP contribution in [0.2, 0.25) is 0 Å². The van der Waals surface area contributed by atoms with Crippen molar-refractivity contribution in [3.63, 3.8) is 0 Å². The van der Waals surface area contributed by atoms with Gasteiger partial charge in [-0.1, -0.05) is 6.92 Å². The van der Waals surface area contributed by atoms with Gasteiger partial charge in [0.05, 0.1) is 0 Å². The zero-order chi connectivity index (χ0) is 8.85. The number of allylic oxidation sites excluding steroid dienone is 1. The molecule has 0 aliphatic heterocycles. The van der Waals surface area contributed by atoms with Crippen LogP contribution in [0, 0.1) is 0 Å². The minimum Gasteiger partial charge on any atom is -0.512 e. The number of ketones is 1. The van der Waals surface area contributed by atoms with Crippen LogP contribution in [0.25, 0.3) is 0 Å². The second-order valence-corrected chi connectivity index (χ2v) is 2.03. The van der Waals surface area contributed by atoms with Gasteiger partial charge in [0, 0.05) is 12.5 Å². The maximum Gasteiger partial charge on any atom is 0.311 e. The summed E-state index contributed by atoms with van der Waals surface area (Å²) in [4.78, 5) is 20.5. The second kappa shape index (κ2) is 4.49. The van der Waals surface area contributed by atoms with E-state index in [1.165, 1.54) is 0 Å². The van der Waals surface area contributed by atoms with Gasteiger partial charge >= 0.3 is 5.97 Å². The number of aliphatic carboxylic acids is 1. The van der Waals surface area contributed by atoms with E-state index in [1.54, 1.807) is 6.92 Å². The second-order valence-electron chi connectivity index (χ2n) is 2.03. The number of rotatable bonds is 4. The minimum atomic E-state index is -1.15. The highest BCUT2D eigenvalue weighted by Gasteiger charge is 2.02. The van der Waals surface area contributed by atoms with Gasteiger partial charge in [-0.25, -0.2) is 0 Å². The van der Waals surface area contributed by atoms with Gasteiger partial charge in [0.2, 0.25) is 0 Å². The van der Waals surface area contributed by atoms with E-state index in [0.29, 0.717) is 0 Å². The number of aliphatic hydroxyl groups is 1. The molecule has 0 atom stereocenters. The predicted molar refractivity (Wildman–Crippen MR) is 38.3 cm³/mol. The zero-order valence-corrected chi connectivity index (χ0v) is 6.20. The van der Waals surface area contributed by atoms with Crippen LogP contribution < -0.4 is 0 Å². The standard InChI is InChI=1S/C7H10O4/c1-2-5(8)3-6(9)4-7(10)11/h3,9H,2,4H2,1H3,(H,10,11). The van der Waals surface area contributed by atoms with Crippen LogP contribution in [0.15, 0.2) is 11.8 Å². The molecule has 0 aromatic rings. The number of aliphatic hydroxyl groups excluding tert-OH is 1. The molecule has 0 aliphatic carbocycles. The lowest BCUT2D eigenvalue weighted by molar-refractivity contribution is -0.136. The monoisotopic (exact) mass is 158 g/mol. The first-order chi connectivity index (χ1) is 5.06. The van der Waals surface area contributed by atoms with Gasteiger partial charge in [-0.2, -0.15) is 0 Å².